The van der Waals surface area contributed by atoms with Crippen molar-refractivity contribution in [1.29, 1.82) is 0 Å². The van der Waals surface area contributed by atoms with Crippen molar-refractivity contribution in [1.82, 2.24) is 19.9 Å². The SMILES string of the molecule is CCc1cnc(N2CCC3(CC(=O)N(Cc4csc(C)n4)C3)C2)nc1. The molecule has 2 aromatic rings. The third kappa shape index (κ3) is 3.25. The first kappa shape index (κ1) is 16.4. The van der Waals surface area contributed by atoms with E-state index < -0.39 is 0 Å². The van der Waals surface area contributed by atoms with Gasteiger partial charge in [0.1, 0.15) is 0 Å². The van der Waals surface area contributed by atoms with E-state index in [9.17, 15) is 4.79 Å². The lowest BCUT2D eigenvalue weighted by Gasteiger charge is -2.24. The number of carbonyl (C=O) groups excluding carboxylic acids is 1. The van der Waals surface area contributed by atoms with Crippen molar-refractivity contribution in [2.45, 2.75) is 39.7 Å². The molecule has 1 unspecified atom stereocenters. The lowest BCUT2D eigenvalue weighted by atomic mass is 9.86. The fraction of sp³-hybridized carbons (Fsp3) is 0.556. The summed E-state index contributed by atoms with van der Waals surface area (Å²) >= 11 is 1.64. The monoisotopic (exact) mass is 357 g/mol. The molecule has 4 heterocycles. The summed E-state index contributed by atoms with van der Waals surface area (Å²) in [7, 11) is 0. The Labute approximate surface area is 151 Å². The molecule has 2 saturated heterocycles. The largest absolute Gasteiger partial charge is 0.340 e. The second-order valence-corrected chi connectivity index (χ2v) is 8.26. The van der Waals surface area contributed by atoms with Crippen molar-refractivity contribution < 1.29 is 4.79 Å². The van der Waals surface area contributed by atoms with Crippen LogP contribution in [0.1, 0.15) is 36.0 Å². The number of amides is 1. The number of hydrogen-bond acceptors (Lipinski definition) is 6. The highest BCUT2D eigenvalue weighted by Crippen LogP contribution is 2.41. The molecule has 4 rings (SSSR count). The number of thiazole rings is 1. The molecule has 1 atom stereocenters. The van der Waals surface area contributed by atoms with Crippen molar-refractivity contribution in [2.24, 2.45) is 5.41 Å². The van der Waals surface area contributed by atoms with E-state index in [1.807, 2.05) is 24.2 Å². The average molecular weight is 357 g/mol. The van der Waals surface area contributed by atoms with Gasteiger partial charge in [0.15, 0.2) is 0 Å². The van der Waals surface area contributed by atoms with E-state index in [1.165, 1.54) is 0 Å². The van der Waals surface area contributed by atoms with Crippen LogP contribution >= 0.6 is 11.3 Å². The summed E-state index contributed by atoms with van der Waals surface area (Å²) in [5.41, 5.74) is 2.19. The molecular weight excluding hydrogens is 334 g/mol. The Morgan fingerprint density at radius 1 is 1.28 bits per heavy atom. The second kappa shape index (κ2) is 6.37. The van der Waals surface area contributed by atoms with Crippen LogP contribution in [-0.4, -0.2) is 45.4 Å². The van der Waals surface area contributed by atoms with Crippen LogP contribution in [0.2, 0.25) is 0 Å². The Morgan fingerprint density at radius 3 is 2.76 bits per heavy atom. The molecule has 0 saturated carbocycles. The van der Waals surface area contributed by atoms with Crippen molar-refractivity contribution in [2.75, 3.05) is 24.5 Å². The molecular formula is C18H23N5OS. The Kier molecular flexibility index (Phi) is 4.19. The summed E-state index contributed by atoms with van der Waals surface area (Å²) in [4.78, 5) is 30.2. The minimum absolute atomic E-state index is 0.0366. The molecule has 0 radical (unpaired) electrons. The first-order valence-corrected chi connectivity index (χ1v) is 9.69. The number of anilines is 1. The third-order valence-corrected chi connectivity index (χ3v) is 6.07. The van der Waals surface area contributed by atoms with E-state index >= 15 is 0 Å². The quantitative estimate of drug-likeness (QED) is 0.841. The predicted octanol–water partition coefficient (Wildman–Crippen LogP) is 2.43. The van der Waals surface area contributed by atoms with E-state index in [2.05, 4.69) is 32.2 Å². The Balaban J connectivity index is 1.43. The minimum atomic E-state index is 0.0366. The number of hydrogen-bond donors (Lipinski definition) is 0. The summed E-state index contributed by atoms with van der Waals surface area (Å²) in [6.07, 6.45) is 6.40. The zero-order valence-electron chi connectivity index (χ0n) is 14.7. The van der Waals surface area contributed by atoms with Gasteiger partial charge in [-0.1, -0.05) is 6.92 Å². The fourth-order valence-corrected chi connectivity index (χ4v) is 4.48. The number of nitrogens with zero attached hydrogens (tertiary/aromatic N) is 5. The Morgan fingerprint density at radius 2 is 2.08 bits per heavy atom. The number of likely N-dealkylation sites (tertiary alicyclic amines) is 1. The average Bonchev–Trinajstić information content (AvgIpc) is 3.29. The van der Waals surface area contributed by atoms with Gasteiger partial charge in [-0.05, 0) is 25.3 Å². The van der Waals surface area contributed by atoms with Gasteiger partial charge in [-0.15, -0.1) is 11.3 Å². The Bertz CT molecular complexity index is 774. The highest BCUT2D eigenvalue weighted by molar-refractivity contribution is 7.09. The highest BCUT2D eigenvalue weighted by Gasteiger charge is 2.47. The van der Waals surface area contributed by atoms with Gasteiger partial charge < -0.3 is 9.80 Å². The zero-order valence-corrected chi connectivity index (χ0v) is 15.6. The van der Waals surface area contributed by atoms with Gasteiger partial charge in [-0.25, -0.2) is 15.0 Å². The molecule has 2 aromatic heterocycles. The maximum atomic E-state index is 12.5. The lowest BCUT2D eigenvalue weighted by Crippen LogP contribution is -2.31. The molecule has 1 spiro atoms. The lowest BCUT2D eigenvalue weighted by molar-refractivity contribution is -0.128. The van der Waals surface area contributed by atoms with Crippen LogP contribution in [0.3, 0.4) is 0 Å². The molecule has 2 fully saturated rings. The maximum absolute atomic E-state index is 12.5. The molecule has 1 amide bonds. The van der Waals surface area contributed by atoms with Crippen molar-refractivity contribution in [3.63, 3.8) is 0 Å². The van der Waals surface area contributed by atoms with Crippen LogP contribution in [0.25, 0.3) is 0 Å². The van der Waals surface area contributed by atoms with Crippen LogP contribution in [0, 0.1) is 12.3 Å². The van der Waals surface area contributed by atoms with Crippen LogP contribution < -0.4 is 4.90 Å². The fourth-order valence-electron chi connectivity index (χ4n) is 3.88. The van der Waals surface area contributed by atoms with Gasteiger partial charge in [0.25, 0.3) is 0 Å². The van der Waals surface area contributed by atoms with E-state index in [4.69, 9.17) is 0 Å². The molecule has 132 valence electrons. The number of aromatic nitrogens is 3. The van der Waals surface area contributed by atoms with Crippen molar-refractivity contribution in [3.05, 3.63) is 34.0 Å². The van der Waals surface area contributed by atoms with Gasteiger partial charge in [0.05, 0.1) is 17.2 Å². The number of carbonyl (C=O) groups is 1. The Hall–Kier alpha value is -2.02. The summed E-state index contributed by atoms with van der Waals surface area (Å²) < 4.78 is 0. The summed E-state index contributed by atoms with van der Waals surface area (Å²) in [6, 6.07) is 0. The minimum Gasteiger partial charge on any atom is -0.340 e. The van der Waals surface area contributed by atoms with E-state index in [-0.39, 0.29) is 11.3 Å². The maximum Gasteiger partial charge on any atom is 0.225 e. The number of aryl methyl sites for hydroxylation is 2. The molecule has 6 nitrogen and oxygen atoms in total. The van der Waals surface area contributed by atoms with E-state index in [1.54, 1.807) is 11.3 Å². The normalized spacial score (nSPS) is 23.2. The standard InChI is InChI=1S/C18H23N5OS/c1-3-14-7-19-17(20-8-14)22-5-4-18(11-22)6-16(24)23(12-18)9-15-10-25-13(2)21-15/h7-8,10H,3-6,9,11-12H2,1-2H3. The smallest absolute Gasteiger partial charge is 0.225 e. The van der Waals surface area contributed by atoms with Crippen LogP contribution in [0.5, 0.6) is 0 Å². The van der Waals surface area contributed by atoms with E-state index in [0.29, 0.717) is 13.0 Å². The molecule has 0 N–H and O–H groups in total. The first-order valence-electron chi connectivity index (χ1n) is 8.81. The molecule has 2 aliphatic rings. The van der Waals surface area contributed by atoms with Crippen LogP contribution in [0.4, 0.5) is 5.95 Å². The molecule has 25 heavy (non-hydrogen) atoms. The topological polar surface area (TPSA) is 62.2 Å². The third-order valence-electron chi connectivity index (χ3n) is 5.25. The van der Waals surface area contributed by atoms with E-state index in [0.717, 1.165) is 54.7 Å². The van der Waals surface area contributed by atoms with Gasteiger partial charge in [-0.2, -0.15) is 0 Å². The first-order chi connectivity index (χ1) is 12.1. The van der Waals surface area contributed by atoms with Gasteiger partial charge in [0, 0.05) is 49.2 Å². The molecule has 0 aliphatic carbocycles. The van der Waals surface area contributed by atoms with Crippen molar-refractivity contribution >= 4 is 23.2 Å². The van der Waals surface area contributed by atoms with Crippen molar-refractivity contribution in [3.8, 4) is 0 Å². The molecule has 0 aromatic carbocycles. The van der Waals surface area contributed by atoms with Gasteiger partial charge >= 0.3 is 0 Å². The predicted molar refractivity (Wildman–Crippen MR) is 97.6 cm³/mol. The molecule has 0 bridgehead atoms. The highest BCUT2D eigenvalue weighted by atomic mass is 32.1. The van der Waals surface area contributed by atoms with Gasteiger partial charge in [0.2, 0.25) is 11.9 Å². The molecule has 2 aliphatic heterocycles. The van der Waals surface area contributed by atoms with Crippen LogP contribution in [0.15, 0.2) is 17.8 Å². The van der Waals surface area contributed by atoms with Crippen LogP contribution in [-0.2, 0) is 17.8 Å². The summed E-state index contributed by atoms with van der Waals surface area (Å²) in [6.45, 7) is 7.32. The molecule has 7 heteroatoms. The summed E-state index contributed by atoms with van der Waals surface area (Å²) in [5.74, 6) is 1.03. The summed E-state index contributed by atoms with van der Waals surface area (Å²) in [5, 5.41) is 3.11. The van der Waals surface area contributed by atoms with Gasteiger partial charge in [-0.3, -0.25) is 4.79 Å². The zero-order chi connectivity index (χ0) is 17.4. The number of rotatable bonds is 4. The second-order valence-electron chi connectivity index (χ2n) is 7.20.